The molecule has 0 radical (unpaired) electrons. The maximum Gasteiger partial charge on any atom is 0.339 e. The fourth-order valence-electron chi connectivity index (χ4n) is 5.71. The molecule has 1 atom stereocenters. The molecular formula is C34H31NO7. The SMILES string of the molecule is CCOc1ccc2ccccc2c1C(=O)N1CCc2cc(OC)c(OC)cc2C1COc1cc(=O)oc2ccccc12. The van der Waals surface area contributed by atoms with Gasteiger partial charge in [-0.1, -0.05) is 42.5 Å². The lowest BCUT2D eigenvalue weighted by Crippen LogP contribution is -2.42. The maximum absolute atomic E-state index is 14.6. The first-order valence-electron chi connectivity index (χ1n) is 13.9. The topological polar surface area (TPSA) is 87.4 Å². The van der Waals surface area contributed by atoms with Crippen LogP contribution in [0, 0.1) is 0 Å². The highest BCUT2D eigenvalue weighted by Gasteiger charge is 2.35. The van der Waals surface area contributed by atoms with E-state index in [1.807, 2.05) is 72.5 Å². The van der Waals surface area contributed by atoms with Crippen LogP contribution in [0.2, 0.25) is 0 Å². The first kappa shape index (κ1) is 27.2. The lowest BCUT2D eigenvalue weighted by molar-refractivity contribution is 0.0588. The molecule has 2 heterocycles. The van der Waals surface area contributed by atoms with Gasteiger partial charge in [0.1, 0.15) is 23.7 Å². The smallest absolute Gasteiger partial charge is 0.339 e. The predicted molar refractivity (Wildman–Crippen MR) is 160 cm³/mol. The summed E-state index contributed by atoms with van der Waals surface area (Å²) < 4.78 is 28.9. The highest BCUT2D eigenvalue weighted by molar-refractivity contribution is 6.09. The Morgan fingerprint density at radius 2 is 1.60 bits per heavy atom. The Morgan fingerprint density at radius 3 is 2.38 bits per heavy atom. The van der Waals surface area contributed by atoms with Crippen LogP contribution in [-0.2, 0) is 6.42 Å². The molecule has 0 N–H and O–H groups in total. The summed E-state index contributed by atoms with van der Waals surface area (Å²) in [7, 11) is 3.19. The van der Waals surface area contributed by atoms with Crippen LogP contribution in [0.15, 0.2) is 88.1 Å². The molecular weight excluding hydrogens is 534 g/mol. The minimum absolute atomic E-state index is 0.0937. The van der Waals surface area contributed by atoms with Gasteiger partial charge in [-0.05, 0) is 65.6 Å². The van der Waals surface area contributed by atoms with Crippen LogP contribution in [0.5, 0.6) is 23.0 Å². The van der Waals surface area contributed by atoms with Crippen molar-refractivity contribution in [2.75, 3.05) is 34.0 Å². The lowest BCUT2D eigenvalue weighted by Gasteiger charge is -2.38. The Labute approximate surface area is 243 Å². The second kappa shape index (κ2) is 11.5. The number of ether oxygens (including phenoxy) is 4. The number of nitrogens with zero attached hydrogens (tertiary/aromatic N) is 1. The normalized spacial score (nSPS) is 14.5. The molecule has 0 saturated heterocycles. The van der Waals surface area contributed by atoms with E-state index < -0.39 is 11.7 Å². The molecule has 1 aliphatic heterocycles. The van der Waals surface area contributed by atoms with Gasteiger partial charge in [0, 0.05) is 6.54 Å². The third-order valence-electron chi connectivity index (χ3n) is 7.68. The van der Waals surface area contributed by atoms with Gasteiger partial charge < -0.3 is 28.3 Å². The number of hydrogen-bond donors (Lipinski definition) is 0. The fourth-order valence-corrected chi connectivity index (χ4v) is 5.71. The molecule has 1 amide bonds. The molecule has 1 aromatic heterocycles. The van der Waals surface area contributed by atoms with E-state index in [0.717, 1.165) is 21.9 Å². The summed E-state index contributed by atoms with van der Waals surface area (Å²) in [6.07, 6.45) is 0.616. The molecule has 0 fully saturated rings. The van der Waals surface area contributed by atoms with E-state index >= 15 is 0 Å². The van der Waals surface area contributed by atoms with Crippen molar-refractivity contribution in [1.82, 2.24) is 4.90 Å². The van der Waals surface area contributed by atoms with Crippen molar-refractivity contribution < 1.29 is 28.2 Å². The zero-order valence-electron chi connectivity index (χ0n) is 23.7. The van der Waals surface area contributed by atoms with Gasteiger partial charge in [0.05, 0.1) is 43.9 Å². The van der Waals surface area contributed by atoms with Crippen LogP contribution in [0.3, 0.4) is 0 Å². The quantitative estimate of drug-likeness (QED) is 0.208. The molecule has 214 valence electrons. The Hall–Kier alpha value is -4.98. The molecule has 0 saturated carbocycles. The molecule has 4 aromatic carbocycles. The first-order valence-corrected chi connectivity index (χ1v) is 13.9. The zero-order valence-corrected chi connectivity index (χ0v) is 23.7. The van der Waals surface area contributed by atoms with Crippen LogP contribution in [0.4, 0.5) is 0 Å². The van der Waals surface area contributed by atoms with Crippen LogP contribution in [0.1, 0.15) is 34.5 Å². The summed E-state index contributed by atoms with van der Waals surface area (Å²) in [5.74, 6) is 1.94. The van der Waals surface area contributed by atoms with E-state index in [-0.39, 0.29) is 12.5 Å². The van der Waals surface area contributed by atoms with Crippen molar-refractivity contribution in [3.8, 4) is 23.0 Å². The van der Waals surface area contributed by atoms with Gasteiger partial charge in [-0.15, -0.1) is 0 Å². The minimum atomic E-state index is -0.510. The highest BCUT2D eigenvalue weighted by atomic mass is 16.5. The molecule has 0 aliphatic carbocycles. The van der Waals surface area contributed by atoms with E-state index in [2.05, 4.69) is 0 Å². The predicted octanol–water partition coefficient (Wildman–Crippen LogP) is 6.18. The fraction of sp³-hybridized carbons (Fsp3) is 0.235. The van der Waals surface area contributed by atoms with Crippen molar-refractivity contribution >= 4 is 27.6 Å². The second-order valence-corrected chi connectivity index (χ2v) is 10.0. The van der Waals surface area contributed by atoms with Crippen molar-refractivity contribution in [2.24, 2.45) is 0 Å². The number of para-hydroxylation sites is 1. The molecule has 8 heteroatoms. The largest absolute Gasteiger partial charge is 0.493 e. The third-order valence-corrected chi connectivity index (χ3v) is 7.68. The van der Waals surface area contributed by atoms with Gasteiger partial charge in [0.2, 0.25) is 0 Å². The molecule has 1 aliphatic rings. The highest BCUT2D eigenvalue weighted by Crippen LogP contribution is 2.40. The molecule has 5 aromatic rings. The summed E-state index contributed by atoms with van der Waals surface area (Å²) in [5, 5.41) is 2.44. The number of rotatable bonds is 8. The van der Waals surface area contributed by atoms with Gasteiger partial charge in [0.25, 0.3) is 5.91 Å². The average molecular weight is 566 g/mol. The number of carbonyl (C=O) groups is 1. The van der Waals surface area contributed by atoms with Crippen molar-refractivity contribution in [2.45, 2.75) is 19.4 Å². The van der Waals surface area contributed by atoms with E-state index in [1.54, 1.807) is 26.4 Å². The van der Waals surface area contributed by atoms with Gasteiger partial charge >= 0.3 is 5.63 Å². The zero-order chi connectivity index (χ0) is 29.2. The van der Waals surface area contributed by atoms with E-state index in [1.165, 1.54) is 6.07 Å². The van der Waals surface area contributed by atoms with E-state index in [0.29, 0.717) is 59.1 Å². The molecule has 8 nitrogen and oxygen atoms in total. The van der Waals surface area contributed by atoms with E-state index in [4.69, 9.17) is 23.4 Å². The molecule has 1 unspecified atom stereocenters. The number of fused-ring (bicyclic) bond motifs is 3. The monoisotopic (exact) mass is 565 g/mol. The second-order valence-electron chi connectivity index (χ2n) is 10.0. The van der Waals surface area contributed by atoms with Gasteiger partial charge in [0.15, 0.2) is 11.5 Å². The molecule has 0 spiro atoms. The van der Waals surface area contributed by atoms with Gasteiger partial charge in [-0.2, -0.15) is 0 Å². The summed E-state index contributed by atoms with van der Waals surface area (Å²) >= 11 is 0. The summed E-state index contributed by atoms with van der Waals surface area (Å²) in [6, 6.07) is 23.5. The Balaban J connectivity index is 1.46. The van der Waals surface area contributed by atoms with Crippen LogP contribution >= 0.6 is 0 Å². The van der Waals surface area contributed by atoms with Crippen LogP contribution in [0.25, 0.3) is 21.7 Å². The lowest BCUT2D eigenvalue weighted by atomic mass is 9.91. The number of hydrogen-bond acceptors (Lipinski definition) is 7. The Bertz CT molecular complexity index is 1840. The average Bonchev–Trinajstić information content (AvgIpc) is 3.02. The number of carbonyl (C=O) groups excluding carboxylic acids is 1. The van der Waals surface area contributed by atoms with Crippen molar-refractivity contribution in [3.05, 3.63) is 106 Å². The van der Waals surface area contributed by atoms with E-state index in [9.17, 15) is 9.59 Å². The van der Waals surface area contributed by atoms with Crippen molar-refractivity contribution in [3.63, 3.8) is 0 Å². The van der Waals surface area contributed by atoms with Crippen molar-refractivity contribution in [1.29, 1.82) is 0 Å². The summed E-state index contributed by atoms with van der Waals surface area (Å²) in [4.78, 5) is 28.7. The third kappa shape index (κ3) is 4.89. The Morgan fingerprint density at radius 1 is 0.857 bits per heavy atom. The van der Waals surface area contributed by atoms with Gasteiger partial charge in [-0.25, -0.2) is 4.79 Å². The number of benzene rings is 4. The number of methoxy groups -OCH3 is 2. The summed E-state index contributed by atoms with van der Waals surface area (Å²) in [5.41, 5.74) is 2.35. The molecule has 6 rings (SSSR count). The maximum atomic E-state index is 14.6. The first-order chi connectivity index (χ1) is 20.5. The number of amides is 1. The summed E-state index contributed by atoms with van der Waals surface area (Å²) in [6.45, 7) is 2.87. The van der Waals surface area contributed by atoms with Crippen LogP contribution in [-0.4, -0.2) is 44.8 Å². The molecule has 0 bridgehead atoms. The Kier molecular flexibility index (Phi) is 7.44. The standard InChI is InChI=1S/C34H31NO7/c1-4-40-28-14-13-21-9-5-6-10-23(21)33(28)34(37)35-16-15-22-17-30(38-2)31(39-3)18-25(22)26(35)20-41-29-19-32(36)42-27-12-8-7-11-24(27)29/h5-14,17-19,26H,4,15-16,20H2,1-3H3. The minimum Gasteiger partial charge on any atom is -0.493 e. The van der Waals surface area contributed by atoms with Gasteiger partial charge in [-0.3, -0.25) is 4.79 Å². The molecule has 42 heavy (non-hydrogen) atoms. The van der Waals surface area contributed by atoms with Crippen LogP contribution < -0.4 is 24.6 Å².